The van der Waals surface area contributed by atoms with E-state index in [1.807, 2.05) is 32.0 Å². The van der Waals surface area contributed by atoms with Gasteiger partial charge in [0, 0.05) is 17.7 Å². The molecule has 0 aliphatic rings. The number of rotatable bonds is 4. The Morgan fingerprint density at radius 3 is 2.62 bits per heavy atom. The topological polar surface area (TPSA) is 68.3 Å². The summed E-state index contributed by atoms with van der Waals surface area (Å²) in [6.45, 7) is 5.82. The Bertz CT molecular complexity index is 896. The average Bonchev–Trinajstić information content (AvgIpc) is 3.07. The maximum absolute atomic E-state index is 12.6. The van der Waals surface area contributed by atoms with Crippen LogP contribution in [0.15, 0.2) is 39.3 Å². The lowest BCUT2D eigenvalue weighted by atomic mass is 10.1. The van der Waals surface area contributed by atoms with Gasteiger partial charge in [0.1, 0.15) is 28.5 Å². The number of halogens is 1. The van der Waals surface area contributed by atoms with E-state index in [-0.39, 0.29) is 5.91 Å². The molecule has 0 fully saturated rings. The Kier molecular flexibility index (Phi) is 4.44. The van der Waals surface area contributed by atoms with Gasteiger partial charge in [-0.3, -0.25) is 4.79 Å². The lowest BCUT2D eigenvalue weighted by molar-refractivity contribution is 0.0950. The van der Waals surface area contributed by atoms with Crippen molar-refractivity contribution < 1.29 is 13.7 Å². The van der Waals surface area contributed by atoms with Crippen molar-refractivity contribution in [3.8, 4) is 11.3 Å². The summed E-state index contributed by atoms with van der Waals surface area (Å²) >= 11 is 6.22. The Labute approximate surface area is 144 Å². The summed E-state index contributed by atoms with van der Waals surface area (Å²) in [4.78, 5) is 12.6. The molecule has 0 spiro atoms. The van der Waals surface area contributed by atoms with Gasteiger partial charge in [-0.25, -0.2) is 0 Å². The minimum atomic E-state index is -0.262. The standard InChI is InChI=1S/C18H17ClN2O3/c1-10-8-13(11(2)23-10)9-20-18(22)16-12(3)24-21-17(16)14-6-4-5-7-15(14)19/h4-8H,9H2,1-3H3,(H,20,22). The van der Waals surface area contributed by atoms with E-state index in [1.165, 1.54) is 0 Å². The van der Waals surface area contributed by atoms with Crippen LogP contribution in [0.25, 0.3) is 11.3 Å². The van der Waals surface area contributed by atoms with E-state index in [9.17, 15) is 4.79 Å². The van der Waals surface area contributed by atoms with Crippen molar-refractivity contribution in [1.82, 2.24) is 10.5 Å². The number of carbonyl (C=O) groups excluding carboxylic acids is 1. The van der Waals surface area contributed by atoms with Crippen molar-refractivity contribution in [3.05, 3.63) is 63.8 Å². The van der Waals surface area contributed by atoms with Crippen molar-refractivity contribution in [2.45, 2.75) is 27.3 Å². The van der Waals surface area contributed by atoms with Crippen LogP contribution < -0.4 is 5.32 Å². The summed E-state index contributed by atoms with van der Waals surface area (Å²) < 4.78 is 10.7. The van der Waals surface area contributed by atoms with Gasteiger partial charge in [0.25, 0.3) is 5.91 Å². The molecule has 0 aliphatic carbocycles. The highest BCUT2D eigenvalue weighted by atomic mass is 35.5. The fourth-order valence-electron chi connectivity index (χ4n) is 2.60. The van der Waals surface area contributed by atoms with Crippen LogP contribution in [0.4, 0.5) is 0 Å². The summed E-state index contributed by atoms with van der Waals surface area (Å²) in [7, 11) is 0. The van der Waals surface area contributed by atoms with Gasteiger partial charge in [-0.1, -0.05) is 35.0 Å². The third-order valence-corrected chi connectivity index (χ3v) is 4.13. The molecule has 0 atom stereocenters. The van der Waals surface area contributed by atoms with E-state index < -0.39 is 0 Å². The lowest BCUT2D eigenvalue weighted by Gasteiger charge is -2.06. The smallest absolute Gasteiger partial charge is 0.257 e. The maximum atomic E-state index is 12.6. The van der Waals surface area contributed by atoms with Crippen LogP contribution in [-0.4, -0.2) is 11.1 Å². The number of aryl methyl sites for hydroxylation is 3. The summed E-state index contributed by atoms with van der Waals surface area (Å²) in [5.41, 5.74) is 2.43. The SMILES string of the molecule is Cc1cc(CNC(=O)c2c(-c3ccccc3Cl)noc2C)c(C)o1. The van der Waals surface area contributed by atoms with E-state index in [2.05, 4.69) is 10.5 Å². The summed E-state index contributed by atoms with van der Waals surface area (Å²) in [5, 5.41) is 7.40. The predicted octanol–water partition coefficient (Wildman–Crippen LogP) is 4.44. The molecule has 6 heteroatoms. The molecule has 3 rings (SSSR count). The molecule has 0 aliphatic heterocycles. The van der Waals surface area contributed by atoms with Crippen LogP contribution in [0.3, 0.4) is 0 Å². The molecule has 0 bridgehead atoms. The van der Waals surface area contributed by atoms with Crippen LogP contribution in [0.1, 0.15) is 33.2 Å². The molecule has 1 aromatic carbocycles. The molecule has 0 saturated heterocycles. The van der Waals surface area contributed by atoms with Crippen LogP contribution in [-0.2, 0) is 6.54 Å². The number of nitrogens with one attached hydrogen (secondary N) is 1. The number of carbonyl (C=O) groups is 1. The monoisotopic (exact) mass is 344 g/mol. The molecule has 2 aromatic heterocycles. The summed E-state index contributed by atoms with van der Waals surface area (Å²) in [6, 6.07) is 9.12. The normalized spacial score (nSPS) is 10.8. The van der Waals surface area contributed by atoms with E-state index in [0.717, 1.165) is 17.1 Å². The number of nitrogens with zero attached hydrogens (tertiary/aromatic N) is 1. The van der Waals surface area contributed by atoms with Crippen LogP contribution in [0.2, 0.25) is 5.02 Å². The van der Waals surface area contributed by atoms with Gasteiger partial charge in [0.2, 0.25) is 0 Å². The minimum absolute atomic E-state index is 0.262. The Morgan fingerprint density at radius 2 is 1.96 bits per heavy atom. The first kappa shape index (κ1) is 16.3. The molecule has 0 unspecified atom stereocenters. The van der Waals surface area contributed by atoms with E-state index >= 15 is 0 Å². The van der Waals surface area contributed by atoms with Crippen molar-refractivity contribution in [2.75, 3.05) is 0 Å². The van der Waals surface area contributed by atoms with Crippen LogP contribution >= 0.6 is 11.6 Å². The second-order valence-corrected chi connectivity index (χ2v) is 5.97. The second-order valence-electron chi connectivity index (χ2n) is 5.56. The molecular formula is C18H17ClN2O3. The van der Waals surface area contributed by atoms with Gasteiger partial charge in [-0.2, -0.15) is 0 Å². The van der Waals surface area contributed by atoms with Crippen molar-refractivity contribution in [3.63, 3.8) is 0 Å². The third-order valence-electron chi connectivity index (χ3n) is 3.80. The molecule has 3 aromatic rings. The van der Waals surface area contributed by atoms with Crippen LogP contribution in [0.5, 0.6) is 0 Å². The molecule has 0 radical (unpaired) electrons. The molecule has 5 nitrogen and oxygen atoms in total. The fraction of sp³-hybridized carbons (Fsp3) is 0.222. The van der Waals surface area contributed by atoms with Gasteiger partial charge < -0.3 is 14.3 Å². The van der Waals surface area contributed by atoms with Gasteiger partial charge in [0.15, 0.2) is 0 Å². The van der Waals surface area contributed by atoms with Crippen molar-refractivity contribution in [2.24, 2.45) is 0 Å². The van der Waals surface area contributed by atoms with Gasteiger partial charge in [0.05, 0.1) is 5.02 Å². The van der Waals surface area contributed by atoms with Gasteiger partial charge in [-0.05, 0) is 32.9 Å². The van der Waals surface area contributed by atoms with Crippen LogP contribution in [0, 0.1) is 20.8 Å². The quantitative estimate of drug-likeness (QED) is 0.759. The number of hydrogen-bond donors (Lipinski definition) is 1. The largest absolute Gasteiger partial charge is 0.466 e. The number of hydrogen-bond acceptors (Lipinski definition) is 4. The molecule has 1 N–H and O–H groups in total. The first-order valence-corrected chi connectivity index (χ1v) is 7.90. The number of amides is 1. The zero-order valence-electron chi connectivity index (χ0n) is 13.6. The van der Waals surface area contributed by atoms with E-state index in [4.69, 9.17) is 20.5 Å². The van der Waals surface area contributed by atoms with Gasteiger partial charge in [-0.15, -0.1) is 0 Å². The molecule has 1 amide bonds. The Morgan fingerprint density at radius 1 is 1.21 bits per heavy atom. The number of aromatic nitrogens is 1. The number of benzene rings is 1. The molecule has 124 valence electrons. The molecule has 24 heavy (non-hydrogen) atoms. The van der Waals surface area contributed by atoms with E-state index in [0.29, 0.717) is 34.1 Å². The third kappa shape index (κ3) is 3.08. The van der Waals surface area contributed by atoms with Crippen molar-refractivity contribution in [1.29, 1.82) is 0 Å². The summed E-state index contributed by atoms with van der Waals surface area (Å²) in [5.74, 6) is 1.79. The lowest BCUT2D eigenvalue weighted by Crippen LogP contribution is -2.23. The van der Waals surface area contributed by atoms with Crippen molar-refractivity contribution >= 4 is 17.5 Å². The Hall–Kier alpha value is -2.53. The summed E-state index contributed by atoms with van der Waals surface area (Å²) in [6.07, 6.45) is 0. The highest BCUT2D eigenvalue weighted by molar-refractivity contribution is 6.33. The first-order chi connectivity index (χ1) is 11.5. The molecular weight excluding hydrogens is 328 g/mol. The minimum Gasteiger partial charge on any atom is -0.466 e. The van der Waals surface area contributed by atoms with Gasteiger partial charge >= 0.3 is 0 Å². The first-order valence-electron chi connectivity index (χ1n) is 7.52. The predicted molar refractivity (Wildman–Crippen MR) is 91.0 cm³/mol. The highest BCUT2D eigenvalue weighted by Gasteiger charge is 2.23. The average molecular weight is 345 g/mol. The molecule has 2 heterocycles. The zero-order chi connectivity index (χ0) is 17.3. The Balaban J connectivity index is 1.87. The maximum Gasteiger partial charge on any atom is 0.257 e. The highest BCUT2D eigenvalue weighted by Crippen LogP contribution is 2.31. The molecule has 0 saturated carbocycles. The fourth-order valence-corrected chi connectivity index (χ4v) is 2.82. The zero-order valence-corrected chi connectivity index (χ0v) is 14.4. The van der Waals surface area contributed by atoms with E-state index in [1.54, 1.807) is 19.1 Å². The number of furan rings is 1. The second kappa shape index (κ2) is 6.53.